The first kappa shape index (κ1) is 22.5. The molecule has 0 bridgehead atoms. The highest BCUT2D eigenvalue weighted by Crippen LogP contribution is 2.37. The summed E-state index contributed by atoms with van der Waals surface area (Å²) >= 11 is 12.3. The summed E-state index contributed by atoms with van der Waals surface area (Å²) in [5.41, 5.74) is 3.81. The van der Waals surface area contributed by atoms with Crippen LogP contribution in [0.3, 0.4) is 0 Å². The Bertz CT molecular complexity index is 1110. The lowest BCUT2D eigenvalue weighted by Crippen LogP contribution is -2.18. The summed E-state index contributed by atoms with van der Waals surface area (Å²) in [6.45, 7) is 2.32. The zero-order valence-electron chi connectivity index (χ0n) is 16.4. The lowest BCUT2D eigenvalue weighted by Gasteiger charge is -2.14. The summed E-state index contributed by atoms with van der Waals surface area (Å²) in [6.07, 6.45) is 2.89. The molecule has 0 atom stereocenters. The summed E-state index contributed by atoms with van der Waals surface area (Å²) in [5.74, 6) is -0.121. The molecule has 0 spiro atoms. The molecule has 1 heterocycles. The van der Waals surface area contributed by atoms with Gasteiger partial charge in [-0.2, -0.15) is 5.10 Å². The number of hydrazone groups is 1. The fraction of sp³-hybridized carbons (Fsp3) is 0.136. The number of pyridine rings is 1. The largest absolute Gasteiger partial charge is 0.490 e. The normalized spacial score (nSPS) is 10.8. The van der Waals surface area contributed by atoms with Gasteiger partial charge in [0, 0.05) is 6.20 Å². The number of amides is 1. The van der Waals surface area contributed by atoms with Crippen LogP contribution in [-0.4, -0.2) is 23.7 Å². The third-order valence-electron chi connectivity index (χ3n) is 3.99. The topological polar surface area (TPSA) is 72.8 Å². The Balaban J connectivity index is 1.73. The molecule has 3 rings (SSSR count). The molecule has 2 aromatic carbocycles. The van der Waals surface area contributed by atoms with Crippen LogP contribution in [0.25, 0.3) is 0 Å². The molecule has 0 saturated heterocycles. The SMILES string of the molecule is CCOc1cc(C=NNC(=O)c2cccnc2Cl)cc(Cl)c1OCc1cccc(F)c1. The minimum Gasteiger partial charge on any atom is -0.490 e. The number of halogens is 3. The van der Waals surface area contributed by atoms with E-state index >= 15 is 0 Å². The average Bonchev–Trinajstić information content (AvgIpc) is 2.73. The molecule has 6 nitrogen and oxygen atoms in total. The van der Waals surface area contributed by atoms with Crippen molar-refractivity contribution in [2.24, 2.45) is 5.10 Å². The summed E-state index contributed by atoms with van der Waals surface area (Å²) in [6, 6.07) is 12.5. The van der Waals surface area contributed by atoms with Crippen LogP contribution >= 0.6 is 23.2 Å². The van der Waals surface area contributed by atoms with E-state index in [2.05, 4.69) is 15.5 Å². The van der Waals surface area contributed by atoms with Gasteiger partial charge >= 0.3 is 0 Å². The number of carbonyl (C=O) groups is 1. The second-order valence-electron chi connectivity index (χ2n) is 6.22. The van der Waals surface area contributed by atoms with Gasteiger partial charge in [-0.3, -0.25) is 4.79 Å². The van der Waals surface area contributed by atoms with Crippen molar-refractivity contribution in [1.82, 2.24) is 10.4 Å². The number of hydrogen-bond donors (Lipinski definition) is 1. The van der Waals surface area contributed by atoms with Gasteiger partial charge in [-0.05, 0) is 54.4 Å². The van der Waals surface area contributed by atoms with Gasteiger partial charge in [0.15, 0.2) is 11.5 Å². The second-order valence-corrected chi connectivity index (χ2v) is 6.99. The monoisotopic (exact) mass is 461 g/mol. The summed E-state index contributed by atoms with van der Waals surface area (Å²) in [5, 5.41) is 4.29. The Morgan fingerprint density at radius 3 is 2.77 bits per heavy atom. The van der Waals surface area contributed by atoms with Crippen molar-refractivity contribution in [2.45, 2.75) is 13.5 Å². The smallest absolute Gasteiger partial charge is 0.274 e. The molecule has 0 radical (unpaired) electrons. The minimum absolute atomic E-state index is 0.0803. The standard InChI is InChI=1S/C22H18Cl2FN3O3/c1-2-30-19-11-15(12-27-28-22(29)17-7-4-8-26-21(17)24)10-18(23)20(19)31-13-14-5-3-6-16(25)9-14/h3-12H,2,13H2,1H3,(H,28,29). The van der Waals surface area contributed by atoms with Gasteiger partial charge in [-0.15, -0.1) is 0 Å². The molecule has 160 valence electrons. The molecular formula is C22H18Cl2FN3O3. The van der Waals surface area contributed by atoms with Crippen molar-refractivity contribution in [1.29, 1.82) is 0 Å². The fourth-order valence-electron chi connectivity index (χ4n) is 2.63. The van der Waals surface area contributed by atoms with Crippen LogP contribution in [0, 0.1) is 5.82 Å². The van der Waals surface area contributed by atoms with E-state index in [4.69, 9.17) is 32.7 Å². The molecule has 1 N–H and O–H groups in total. The Morgan fingerprint density at radius 1 is 1.19 bits per heavy atom. The van der Waals surface area contributed by atoms with Crippen molar-refractivity contribution in [3.05, 3.63) is 87.4 Å². The van der Waals surface area contributed by atoms with Gasteiger partial charge in [0.1, 0.15) is 17.6 Å². The van der Waals surface area contributed by atoms with Gasteiger partial charge in [0.25, 0.3) is 5.91 Å². The molecule has 1 aromatic heterocycles. The van der Waals surface area contributed by atoms with E-state index in [1.54, 1.807) is 30.3 Å². The average molecular weight is 462 g/mol. The summed E-state index contributed by atoms with van der Waals surface area (Å²) < 4.78 is 24.8. The fourth-order valence-corrected chi connectivity index (χ4v) is 3.11. The van der Waals surface area contributed by atoms with Crippen LogP contribution < -0.4 is 14.9 Å². The molecule has 0 saturated carbocycles. The number of carbonyl (C=O) groups excluding carboxylic acids is 1. The van der Waals surface area contributed by atoms with Gasteiger partial charge in [-0.1, -0.05) is 35.3 Å². The van der Waals surface area contributed by atoms with Crippen molar-refractivity contribution >= 4 is 35.3 Å². The summed E-state index contributed by atoms with van der Waals surface area (Å²) in [4.78, 5) is 16.0. The van der Waals surface area contributed by atoms with Crippen LogP contribution in [0.1, 0.15) is 28.4 Å². The molecule has 9 heteroatoms. The zero-order chi connectivity index (χ0) is 22.2. The maximum atomic E-state index is 13.4. The zero-order valence-corrected chi connectivity index (χ0v) is 18.0. The van der Waals surface area contributed by atoms with Crippen LogP contribution in [0.5, 0.6) is 11.5 Å². The van der Waals surface area contributed by atoms with Crippen LogP contribution in [-0.2, 0) is 6.61 Å². The van der Waals surface area contributed by atoms with Crippen LogP contribution in [0.15, 0.2) is 59.8 Å². The number of rotatable bonds is 8. The van der Waals surface area contributed by atoms with E-state index in [1.807, 2.05) is 6.92 Å². The highest BCUT2D eigenvalue weighted by Gasteiger charge is 2.13. The molecule has 0 unspecified atom stereocenters. The molecule has 31 heavy (non-hydrogen) atoms. The van der Waals surface area contributed by atoms with Gasteiger partial charge < -0.3 is 9.47 Å². The highest BCUT2D eigenvalue weighted by molar-refractivity contribution is 6.33. The molecule has 0 aliphatic rings. The number of nitrogens with one attached hydrogen (secondary N) is 1. The molecular weight excluding hydrogens is 444 g/mol. The Morgan fingerprint density at radius 2 is 2.03 bits per heavy atom. The van der Waals surface area contributed by atoms with Crippen molar-refractivity contribution < 1.29 is 18.7 Å². The lowest BCUT2D eigenvalue weighted by molar-refractivity contribution is 0.0955. The molecule has 0 aliphatic heterocycles. The lowest BCUT2D eigenvalue weighted by atomic mass is 10.2. The first-order valence-corrected chi connectivity index (χ1v) is 10.0. The predicted octanol–water partition coefficient (Wildman–Crippen LogP) is 5.27. The van der Waals surface area contributed by atoms with E-state index in [0.717, 1.165) is 0 Å². The Labute approximate surface area is 188 Å². The number of benzene rings is 2. The maximum Gasteiger partial charge on any atom is 0.274 e. The minimum atomic E-state index is -0.500. The van der Waals surface area contributed by atoms with Crippen LogP contribution in [0.4, 0.5) is 4.39 Å². The van der Waals surface area contributed by atoms with E-state index in [9.17, 15) is 9.18 Å². The molecule has 1 amide bonds. The van der Waals surface area contributed by atoms with Gasteiger partial charge in [0.2, 0.25) is 0 Å². The number of aromatic nitrogens is 1. The van der Waals surface area contributed by atoms with Gasteiger partial charge in [0.05, 0.1) is 23.4 Å². The van der Waals surface area contributed by atoms with Crippen molar-refractivity contribution in [2.75, 3.05) is 6.61 Å². The molecule has 0 fully saturated rings. The maximum absolute atomic E-state index is 13.4. The third kappa shape index (κ3) is 6.16. The van der Waals surface area contributed by atoms with Crippen LogP contribution in [0.2, 0.25) is 10.2 Å². The number of nitrogens with zero attached hydrogens (tertiary/aromatic N) is 2. The highest BCUT2D eigenvalue weighted by atomic mass is 35.5. The third-order valence-corrected chi connectivity index (χ3v) is 4.57. The number of hydrogen-bond acceptors (Lipinski definition) is 5. The Kier molecular flexibility index (Phi) is 7.81. The second kappa shape index (κ2) is 10.7. The first-order valence-electron chi connectivity index (χ1n) is 9.25. The summed E-state index contributed by atoms with van der Waals surface area (Å²) in [7, 11) is 0. The van der Waals surface area contributed by atoms with E-state index in [0.29, 0.717) is 29.2 Å². The number of ether oxygens (including phenoxy) is 2. The molecule has 0 aliphatic carbocycles. The van der Waals surface area contributed by atoms with Gasteiger partial charge in [-0.25, -0.2) is 14.8 Å². The quantitative estimate of drug-likeness (QED) is 0.281. The predicted molar refractivity (Wildman–Crippen MR) is 118 cm³/mol. The first-order chi connectivity index (χ1) is 15.0. The van der Waals surface area contributed by atoms with E-state index in [1.165, 1.54) is 30.6 Å². The Hall–Kier alpha value is -3.16. The van der Waals surface area contributed by atoms with E-state index in [-0.39, 0.29) is 28.2 Å². The molecule has 3 aromatic rings. The van der Waals surface area contributed by atoms with Crippen molar-refractivity contribution in [3.8, 4) is 11.5 Å². The van der Waals surface area contributed by atoms with Crippen molar-refractivity contribution in [3.63, 3.8) is 0 Å². The van der Waals surface area contributed by atoms with E-state index < -0.39 is 5.91 Å².